The second-order valence-electron chi connectivity index (χ2n) is 6.59. The monoisotopic (exact) mass is 352 g/mol. The predicted octanol–water partition coefficient (Wildman–Crippen LogP) is 5.28. The molecule has 0 atom stereocenters. The summed E-state index contributed by atoms with van der Waals surface area (Å²) in [7, 11) is -0.365. The Kier molecular flexibility index (Phi) is 2.88. The Hall–Kier alpha value is -3.44. The number of benzene rings is 4. The van der Waals surface area contributed by atoms with Gasteiger partial charge in [-0.05, 0) is 35.0 Å². The van der Waals surface area contributed by atoms with Crippen LogP contribution < -0.4 is 4.65 Å². The maximum Gasteiger partial charge on any atom is 0.504 e. The summed E-state index contributed by atoms with van der Waals surface area (Å²) in [5.74, 6) is 0.599. The average molecular weight is 352 g/mol. The molecule has 0 amide bonds. The molecule has 5 heteroatoms. The Morgan fingerprint density at radius 2 is 1.26 bits per heavy atom. The molecule has 0 aliphatic carbocycles. The van der Waals surface area contributed by atoms with Crippen molar-refractivity contribution in [3.05, 3.63) is 66.7 Å². The van der Waals surface area contributed by atoms with E-state index in [4.69, 9.17) is 18.5 Å². The highest BCUT2D eigenvalue weighted by molar-refractivity contribution is 6.33. The first-order valence-electron chi connectivity index (χ1n) is 8.77. The lowest BCUT2D eigenvalue weighted by Crippen LogP contribution is -1.99. The molecular weight excluding hydrogens is 339 g/mol. The molecule has 128 valence electrons. The Balaban J connectivity index is 1.92. The van der Waals surface area contributed by atoms with E-state index < -0.39 is 0 Å². The lowest BCUT2D eigenvalue weighted by molar-refractivity contribution is 0.454. The van der Waals surface area contributed by atoms with E-state index >= 15 is 0 Å². The van der Waals surface area contributed by atoms with Crippen molar-refractivity contribution >= 4 is 62.3 Å². The molecule has 2 aromatic heterocycles. The van der Waals surface area contributed by atoms with Crippen molar-refractivity contribution in [3.8, 4) is 5.75 Å². The molecule has 2 heterocycles. The van der Waals surface area contributed by atoms with E-state index in [9.17, 15) is 0 Å². The highest BCUT2D eigenvalue weighted by Crippen LogP contribution is 2.44. The van der Waals surface area contributed by atoms with Gasteiger partial charge in [-0.2, -0.15) is 0 Å². The maximum atomic E-state index is 9.09. The van der Waals surface area contributed by atoms with Gasteiger partial charge in [0.1, 0.15) is 16.9 Å². The summed E-state index contributed by atoms with van der Waals surface area (Å²) in [5, 5.41) is 15.4. The Morgan fingerprint density at radius 3 is 1.96 bits per heavy atom. The van der Waals surface area contributed by atoms with Crippen molar-refractivity contribution in [2.24, 2.45) is 0 Å². The zero-order valence-electron chi connectivity index (χ0n) is 14.2. The second-order valence-corrected chi connectivity index (χ2v) is 6.59. The molecule has 27 heavy (non-hydrogen) atoms. The van der Waals surface area contributed by atoms with Crippen molar-refractivity contribution in [1.82, 2.24) is 0 Å². The van der Waals surface area contributed by atoms with Gasteiger partial charge < -0.3 is 18.5 Å². The van der Waals surface area contributed by atoms with Crippen molar-refractivity contribution in [1.29, 1.82) is 0 Å². The topological polar surface area (TPSA) is 55.7 Å². The van der Waals surface area contributed by atoms with Gasteiger partial charge in [-0.15, -0.1) is 0 Å². The van der Waals surface area contributed by atoms with Gasteiger partial charge in [-0.1, -0.05) is 42.5 Å². The van der Waals surface area contributed by atoms with Gasteiger partial charge in [0.25, 0.3) is 0 Å². The molecular formula is C22H13BO4. The van der Waals surface area contributed by atoms with Crippen molar-refractivity contribution in [2.75, 3.05) is 0 Å². The first-order chi connectivity index (χ1) is 13.3. The third kappa shape index (κ3) is 1.92. The number of hydrogen-bond acceptors (Lipinski definition) is 4. The van der Waals surface area contributed by atoms with Crippen LogP contribution in [0.2, 0.25) is 0 Å². The van der Waals surface area contributed by atoms with E-state index in [-0.39, 0.29) is 7.69 Å². The van der Waals surface area contributed by atoms with Gasteiger partial charge in [0.2, 0.25) is 0 Å². The number of fused-ring (bicyclic) bond motifs is 10. The van der Waals surface area contributed by atoms with Gasteiger partial charge in [-0.25, -0.2) is 0 Å². The van der Waals surface area contributed by atoms with Gasteiger partial charge in [-0.3, -0.25) is 0 Å². The van der Waals surface area contributed by atoms with E-state index in [1.54, 1.807) is 6.07 Å². The molecule has 1 N–H and O–H groups in total. The molecule has 6 aromatic rings. The van der Waals surface area contributed by atoms with Crippen LogP contribution in [-0.2, 0) is 0 Å². The molecule has 0 saturated heterocycles. The third-order valence-corrected chi connectivity index (χ3v) is 5.16. The number of furan rings is 2. The molecule has 0 spiro atoms. The van der Waals surface area contributed by atoms with E-state index in [1.165, 1.54) is 0 Å². The summed E-state index contributed by atoms with van der Waals surface area (Å²) in [6.07, 6.45) is 0. The van der Waals surface area contributed by atoms with Gasteiger partial charge in [0.15, 0.2) is 11.2 Å². The van der Waals surface area contributed by atoms with E-state index in [0.717, 1.165) is 54.6 Å². The Bertz CT molecular complexity index is 1490. The van der Waals surface area contributed by atoms with Crippen LogP contribution in [0, 0.1) is 0 Å². The minimum atomic E-state index is -0.365. The van der Waals surface area contributed by atoms with Crippen molar-refractivity contribution in [3.63, 3.8) is 0 Å². The highest BCUT2D eigenvalue weighted by Gasteiger charge is 2.20. The van der Waals surface area contributed by atoms with Crippen molar-refractivity contribution < 1.29 is 18.5 Å². The fraction of sp³-hybridized carbons (Fsp3) is 0. The second kappa shape index (κ2) is 5.28. The smallest absolute Gasteiger partial charge is 0.504 e. The summed E-state index contributed by atoms with van der Waals surface area (Å²) < 4.78 is 17.7. The first-order valence-corrected chi connectivity index (χ1v) is 8.77. The fourth-order valence-electron chi connectivity index (χ4n) is 4.06. The molecule has 0 aliphatic heterocycles. The predicted molar refractivity (Wildman–Crippen MR) is 108 cm³/mol. The first kappa shape index (κ1) is 14.7. The van der Waals surface area contributed by atoms with Crippen LogP contribution in [-0.4, -0.2) is 12.7 Å². The van der Waals surface area contributed by atoms with Gasteiger partial charge >= 0.3 is 7.69 Å². The van der Waals surface area contributed by atoms with Crippen LogP contribution in [0.3, 0.4) is 0 Å². The van der Waals surface area contributed by atoms with Crippen LogP contribution in [0.15, 0.2) is 75.6 Å². The summed E-state index contributed by atoms with van der Waals surface area (Å²) in [6, 6.07) is 21.9. The minimum Gasteiger partial charge on any atom is -0.539 e. The molecule has 0 aliphatic rings. The number of hydrogen-bond donors (Lipinski definition) is 1. The third-order valence-electron chi connectivity index (χ3n) is 5.16. The minimum absolute atomic E-state index is 0.365. The quantitative estimate of drug-likeness (QED) is 0.431. The summed E-state index contributed by atoms with van der Waals surface area (Å²) in [6.45, 7) is 0. The van der Waals surface area contributed by atoms with E-state index in [1.807, 2.05) is 42.5 Å². The molecule has 0 bridgehead atoms. The molecule has 4 nitrogen and oxygen atoms in total. The van der Waals surface area contributed by atoms with Crippen LogP contribution >= 0.6 is 0 Å². The lowest BCUT2D eigenvalue weighted by atomic mass is 9.99. The van der Waals surface area contributed by atoms with Crippen LogP contribution in [0.5, 0.6) is 5.75 Å². The fourth-order valence-corrected chi connectivity index (χ4v) is 4.06. The molecule has 4 aromatic carbocycles. The zero-order chi connectivity index (χ0) is 18.0. The lowest BCUT2D eigenvalue weighted by Gasteiger charge is -2.03. The summed E-state index contributed by atoms with van der Waals surface area (Å²) >= 11 is 0. The Labute approximate surface area is 153 Å². The van der Waals surface area contributed by atoms with E-state index in [0.29, 0.717) is 5.75 Å². The maximum absolute atomic E-state index is 9.09. The SMILES string of the molecule is OBOc1ccc2oc3c4oc5ccccc5c4c4ccccc4c3c2c1. The molecule has 0 saturated carbocycles. The molecule has 0 radical (unpaired) electrons. The van der Waals surface area contributed by atoms with Crippen LogP contribution in [0.25, 0.3) is 54.6 Å². The van der Waals surface area contributed by atoms with Gasteiger partial charge in [0, 0.05) is 21.5 Å². The zero-order valence-corrected chi connectivity index (χ0v) is 14.2. The largest absolute Gasteiger partial charge is 0.539 e. The number of rotatable bonds is 2. The Morgan fingerprint density at radius 1 is 0.667 bits per heavy atom. The van der Waals surface area contributed by atoms with Gasteiger partial charge in [0.05, 0.1) is 0 Å². The molecule has 0 fully saturated rings. The normalized spacial score (nSPS) is 11.9. The standard InChI is InChI=1S/C22H13BO4/c24-23-27-12-9-10-18-16(11-12)20-14-6-2-1-5-13(14)19-15-7-3-4-8-17(15)25-21(19)22(20)26-18/h1-11,23-24H. The van der Waals surface area contributed by atoms with Crippen LogP contribution in [0.4, 0.5) is 0 Å². The van der Waals surface area contributed by atoms with E-state index in [2.05, 4.69) is 18.2 Å². The summed E-state index contributed by atoms with van der Waals surface area (Å²) in [5.41, 5.74) is 3.09. The summed E-state index contributed by atoms with van der Waals surface area (Å²) in [4.78, 5) is 0. The highest BCUT2D eigenvalue weighted by atomic mass is 16.5. The molecule has 0 unspecified atom stereocenters. The van der Waals surface area contributed by atoms with Crippen LogP contribution in [0.1, 0.15) is 0 Å². The van der Waals surface area contributed by atoms with Crippen molar-refractivity contribution in [2.45, 2.75) is 0 Å². The average Bonchev–Trinajstić information content (AvgIpc) is 3.27. The molecule has 6 rings (SSSR count). The number of para-hydroxylation sites is 1.